The molecule has 1 fully saturated rings. The lowest BCUT2D eigenvalue weighted by molar-refractivity contribution is 0.0880. The van der Waals surface area contributed by atoms with Gasteiger partial charge in [-0.3, -0.25) is 0 Å². The molecule has 66 valence electrons. The zero-order valence-electron chi connectivity index (χ0n) is 6.81. The quantitative estimate of drug-likeness (QED) is 0.675. The van der Waals surface area contributed by atoms with Crippen molar-refractivity contribution in [3.05, 3.63) is 12.7 Å². The van der Waals surface area contributed by atoms with Crippen LogP contribution in [0.2, 0.25) is 0 Å². The van der Waals surface area contributed by atoms with Crippen LogP contribution in [0.1, 0.15) is 12.8 Å². The highest BCUT2D eigenvalue weighted by molar-refractivity contribution is 4.83. The molecule has 12 heavy (non-hydrogen) atoms. The standard InChI is InChI=1S/C7H12N4O/c1-3-12-4-2-7(1)10-11-5-8-9-6-11/h5-7,10H,1-4H2. The molecule has 0 atom stereocenters. The van der Waals surface area contributed by atoms with Gasteiger partial charge in [0.15, 0.2) is 0 Å². The smallest absolute Gasteiger partial charge is 0.138 e. The van der Waals surface area contributed by atoms with E-state index in [4.69, 9.17) is 4.74 Å². The molecular weight excluding hydrogens is 156 g/mol. The SMILES string of the molecule is c1nncn1NC1CCOCC1. The van der Waals surface area contributed by atoms with Gasteiger partial charge < -0.3 is 10.2 Å². The Morgan fingerprint density at radius 3 is 2.58 bits per heavy atom. The van der Waals surface area contributed by atoms with Crippen LogP contribution in [0.3, 0.4) is 0 Å². The van der Waals surface area contributed by atoms with Gasteiger partial charge in [-0.15, -0.1) is 10.2 Å². The van der Waals surface area contributed by atoms with Crippen LogP contribution >= 0.6 is 0 Å². The Balaban J connectivity index is 1.86. The molecule has 0 bridgehead atoms. The maximum absolute atomic E-state index is 5.24. The summed E-state index contributed by atoms with van der Waals surface area (Å²) in [5, 5.41) is 7.41. The third-order valence-corrected chi connectivity index (χ3v) is 1.97. The minimum Gasteiger partial charge on any atom is -0.381 e. The minimum atomic E-state index is 0.495. The summed E-state index contributed by atoms with van der Waals surface area (Å²) in [7, 11) is 0. The fraction of sp³-hybridized carbons (Fsp3) is 0.714. The Labute approximate surface area is 70.7 Å². The molecule has 1 aliphatic heterocycles. The molecule has 1 saturated heterocycles. The van der Waals surface area contributed by atoms with Gasteiger partial charge in [0.1, 0.15) is 12.7 Å². The van der Waals surface area contributed by atoms with E-state index in [1.54, 1.807) is 17.3 Å². The molecule has 1 aliphatic rings. The van der Waals surface area contributed by atoms with Crippen LogP contribution in [-0.2, 0) is 4.74 Å². The Morgan fingerprint density at radius 2 is 1.92 bits per heavy atom. The summed E-state index contributed by atoms with van der Waals surface area (Å²) in [6.07, 6.45) is 5.43. The van der Waals surface area contributed by atoms with Crippen LogP contribution in [0, 0.1) is 0 Å². The third kappa shape index (κ3) is 1.73. The predicted molar refractivity (Wildman–Crippen MR) is 43.2 cm³/mol. The fourth-order valence-corrected chi connectivity index (χ4v) is 1.30. The van der Waals surface area contributed by atoms with Crippen LogP contribution in [0.15, 0.2) is 12.7 Å². The molecule has 5 heteroatoms. The van der Waals surface area contributed by atoms with Gasteiger partial charge in [0.05, 0.1) is 0 Å². The van der Waals surface area contributed by atoms with Crippen LogP contribution in [0.5, 0.6) is 0 Å². The highest BCUT2D eigenvalue weighted by Gasteiger charge is 2.12. The molecule has 0 amide bonds. The third-order valence-electron chi connectivity index (χ3n) is 1.97. The first-order valence-corrected chi connectivity index (χ1v) is 4.14. The highest BCUT2D eigenvalue weighted by Crippen LogP contribution is 2.06. The lowest BCUT2D eigenvalue weighted by Crippen LogP contribution is -2.32. The van der Waals surface area contributed by atoms with Crippen molar-refractivity contribution in [1.82, 2.24) is 14.9 Å². The van der Waals surface area contributed by atoms with Gasteiger partial charge >= 0.3 is 0 Å². The summed E-state index contributed by atoms with van der Waals surface area (Å²) in [5.41, 5.74) is 3.27. The number of nitrogens with zero attached hydrogens (tertiary/aromatic N) is 3. The average Bonchev–Trinajstić information content (AvgIpc) is 2.59. The van der Waals surface area contributed by atoms with Gasteiger partial charge in [-0.05, 0) is 12.8 Å². The minimum absolute atomic E-state index is 0.495. The Bertz CT molecular complexity index is 217. The van der Waals surface area contributed by atoms with Crippen molar-refractivity contribution in [1.29, 1.82) is 0 Å². The number of hydrogen-bond donors (Lipinski definition) is 1. The monoisotopic (exact) mass is 168 g/mol. The van der Waals surface area contributed by atoms with E-state index in [9.17, 15) is 0 Å². The van der Waals surface area contributed by atoms with E-state index < -0.39 is 0 Å². The largest absolute Gasteiger partial charge is 0.381 e. The zero-order chi connectivity index (χ0) is 8.23. The summed E-state index contributed by atoms with van der Waals surface area (Å²) in [6.45, 7) is 1.69. The van der Waals surface area contributed by atoms with Crippen molar-refractivity contribution < 1.29 is 4.74 Å². The second-order valence-corrected chi connectivity index (χ2v) is 2.88. The Hall–Kier alpha value is -1.10. The Morgan fingerprint density at radius 1 is 1.25 bits per heavy atom. The molecule has 0 radical (unpaired) electrons. The van der Waals surface area contributed by atoms with Crippen molar-refractivity contribution in [3.8, 4) is 0 Å². The van der Waals surface area contributed by atoms with Crippen LogP contribution in [-0.4, -0.2) is 34.1 Å². The van der Waals surface area contributed by atoms with Gasteiger partial charge in [0.25, 0.3) is 0 Å². The first-order valence-electron chi connectivity index (χ1n) is 4.14. The second kappa shape index (κ2) is 3.53. The summed E-state index contributed by atoms with van der Waals surface area (Å²) in [5.74, 6) is 0. The average molecular weight is 168 g/mol. The second-order valence-electron chi connectivity index (χ2n) is 2.88. The number of rotatable bonds is 2. The molecule has 5 nitrogen and oxygen atoms in total. The van der Waals surface area contributed by atoms with Crippen molar-refractivity contribution in [2.24, 2.45) is 0 Å². The van der Waals surface area contributed by atoms with Crippen molar-refractivity contribution in [2.75, 3.05) is 18.6 Å². The molecule has 0 saturated carbocycles. The molecule has 1 aromatic rings. The normalized spacial score (nSPS) is 19.3. The van der Waals surface area contributed by atoms with Crippen LogP contribution < -0.4 is 5.43 Å². The van der Waals surface area contributed by atoms with Gasteiger partial charge in [0.2, 0.25) is 0 Å². The molecule has 1 aromatic heterocycles. The van der Waals surface area contributed by atoms with Gasteiger partial charge in [-0.25, -0.2) is 4.68 Å². The molecular formula is C7H12N4O. The molecule has 0 aliphatic carbocycles. The number of ether oxygens (including phenoxy) is 1. The fourth-order valence-electron chi connectivity index (χ4n) is 1.30. The van der Waals surface area contributed by atoms with E-state index in [0.717, 1.165) is 26.1 Å². The number of hydrogen-bond acceptors (Lipinski definition) is 4. The number of nitrogens with one attached hydrogen (secondary N) is 1. The van der Waals surface area contributed by atoms with Crippen LogP contribution in [0.4, 0.5) is 0 Å². The summed E-state index contributed by atoms with van der Waals surface area (Å²) in [4.78, 5) is 0. The van der Waals surface area contributed by atoms with Crippen molar-refractivity contribution >= 4 is 0 Å². The molecule has 2 heterocycles. The zero-order valence-corrected chi connectivity index (χ0v) is 6.81. The van der Waals surface area contributed by atoms with E-state index in [2.05, 4.69) is 15.6 Å². The molecule has 0 aromatic carbocycles. The van der Waals surface area contributed by atoms with Gasteiger partial charge in [0, 0.05) is 19.3 Å². The van der Waals surface area contributed by atoms with E-state index in [-0.39, 0.29) is 0 Å². The number of aromatic nitrogens is 3. The molecule has 0 spiro atoms. The predicted octanol–water partition coefficient (Wildman–Crippen LogP) is 0.000600. The Kier molecular flexibility index (Phi) is 2.22. The summed E-state index contributed by atoms with van der Waals surface area (Å²) in [6, 6.07) is 0.495. The maximum Gasteiger partial charge on any atom is 0.138 e. The summed E-state index contributed by atoms with van der Waals surface area (Å²) >= 11 is 0. The van der Waals surface area contributed by atoms with E-state index in [0.29, 0.717) is 6.04 Å². The lowest BCUT2D eigenvalue weighted by Gasteiger charge is -2.23. The lowest BCUT2D eigenvalue weighted by atomic mass is 10.1. The van der Waals surface area contributed by atoms with E-state index >= 15 is 0 Å². The molecule has 2 rings (SSSR count). The van der Waals surface area contributed by atoms with Gasteiger partial charge in [-0.1, -0.05) is 0 Å². The van der Waals surface area contributed by atoms with E-state index in [1.807, 2.05) is 0 Å². The van der Waals surface area contributed by atoms with Crippen molar-refractivity contribution in [2.45, 2.75) is 18.9 Å². The molecule has 1 N–H and O–H groups in total. The van der Waals surface area contributed by atoms with E-state index in [1.165, 1.54) is 0 Å². The van der Waals surface area contributed by atoms with Crippen LogP contribution in [0.25, 0.3) is 0 Å². The molecule has 0 unspecified atom stereocenters. The first-order chi connectivity index (χ1) is 5.95. The van der Waals surface area contributed by atoms with Gasteiger partial charge in [-0.2, -0.15) is 0 Å². The first kappa shape index (κ1) is 7.54. The summed E-state index contributed by atoms with van der Waals surface area (Å²) < 4.78 is 7.03. The maximum atomic E-state index is 5.24. The van der Waals surface area contributed by atoms with Crippen molar-refractivity contribution in [3.63, 3.8) is 0 Å². The highest BCUT2D eigenvalue weighted by atomic mass is 16.5. The topological polar surface area (TPSA) is 52.0 Å².